The normalized spacial score (nSPS) is 11.7. The summed E-state index contributed by atoms with van der Waals surface area (Å²) in [5.41, 5.74) is 1.82. The number of phenolic OH excluding ortho intramolecular Hbond substituents is 1. The Kier molecular flexibility index (Phi) is 3.17. The molecule has 0 bridgehead atoms. The summed E-state index contributed by atoms with van der Waals surface area (Å²) in [5.74, 6) is 0.330. The highest BCUT2D eigenvalue weighted by Gasteiger charge is 2.17. The van der Waals surface area contributed by atoms with Gasteiger partial charge in [0.25, 0.3) is 0 Å². The van der Waals surface area contributed by atoms with E-state index in [-0.39, 0.29) is 12.0 Å². The molecule has 2 heteroatoms. The quantitative estimate of drug-likeness (QED) is 0.775. The Morgan fingerprint density at radius 2 is 1.93 bits per heavy atom. The van der Waals surface area contributed by atoms with Crippen LogP contribution in [0, 0.1) is 12.3 Å². The molecule has 0 aliphatic heterocycles. The average Bonchev–Trinajstić information content (AvgIpc) is 2.11. The van der Waals surface area contributed by atoms with E-state index in [1.54, 1.807) is 6.07 Å². The number of aliphatic hydroxyl groups excluding tert-OH is 1. The highest BCUT2D eigenvalue weighted by molar-refractivity contribution is 5.35. The monoisotopic (exact) mass is 194 g/mol. The van der Waals surface area contributed by atoms with Gasteiger partial charge in [0, 0.05) is 6.61 Å². The fraction of sp³-hybridized carbons (Fsp3) is 0.500. The molecule has 1 rings (SSSR count). The van der Waals surface area contributed by atoms with E-state index in [0.29, 0.717) is 5.75 Å². The molecule has 0 saturated heterocycles. The van der Waals surface area contributed by atoms with Crippen LogP contribution < -0.4 is 0 Å². The molecule has 0 aliphatic carbocycles. The lowest BCUT2D eigenvalue weighted by molar-refractivity contribution is 0.159. The number of aryl methyl sites for hydroxylation is 1. The van der Waals surface area contributed by atoms with Gasteiger partial charge in [-0.3, -0.25) is 0 Å². The van der Waals surface area contributed by atoms with Crippen molar-refractivity contribution in [2.24, 2.45) is 5.41 Å². The van der Waals surface area contributed by atoms with Gasteiger partial charge in [0.05, 0.1) is 0 Å². The van der Waals surface area contributed by atoms with Gasteiger partial charge in [-0.05, 0) is 36.0 Å². The molecule has 0 radical (unpaired) electrons. The Morgan fingerprint density at radius 3 is 2.43 bits per heavy atom. The first-order valence-electron chi connectivity index (χ1n) is 4.84. The number of hydrogen-bond acceptors (Lipinski definition) is 2. The van der Waals surface area contributed by atoms with Crippen LogP contribution in [0.5, 0.6) is 5.75 Å². The molecule has 0 aliphatic rings. The molecular weight excluding hydrogens is 176 g/mol. The predicted molar refractivity (Wildman–Crippen MR) is 57.4 cm³/mol. The number of benzene rings is 1. The van der Waals surface area contributed by atoms with Crippen molar-refractivity contribution in [3.8, 4) is 5.75 Å². The topological polar surface area (TPSA) is 40.5 Å². The van der Waals surface area contributed by atoms with Gasteiger partial charge in [-0.15, -0.1) is 0 Å². The minimum absolute atomic E-state index is 0.123. The first-order chi connectivity index (χ1) is 6.44. The minimum Gasteiger partial charge on any atom is -0.508 e. The lowest BCUT2D eigenvalue weighted by atomic mass is 9.86. The van der Waals surface area contributed by atoms with Gasteiger partial charge in [-0.2, -0.15) is 0 Å². The zero-order chi connectivity index (χ0) is 10.8. The Balaban J connectivity index is 2.83. The van der Waals surface area contributed by atoms with E-state index in [1.165, 1.54) is 0 Å². The first kappa shape index (κ1) is 11.1. The van der Waals surface area contributed by atoms with Crippen LogP contribution in [0.1, 0.15) is 25.0 Å². The van der Waals surface area contributed by atoms with Gasteiger partial charge in [-0.25, -0.2) is 0 Å². The maximum atomic E-state index is 9.51. The molecule has 0 unspecified atom stereocenters. The van der Waals surface area contributed by atoms with Crippen molar-refractivity contribution >= 4 is 0 Å². The zero-order valence-electron chi connectivity index (χ0n) is 9.04. The van der Waals surface area contributed by atoms with Gasteiger partial charge < -0.3 is 10.2 Å². The molecule has 0 heterocycles. The molecular formula is C12H18O2. The second kappa shape index (κ2) is 4.01. The van der Waals surface area contributed by atoms with Crippen molar-refractivity contribution in [2.45, 2.75) is 27.2 Å². The molecule has 78 valence electrons. The number of phenols is 1. The number of aromatic hydroxyl groups is 1. The van der Waals surface area contributed by atoms with Crippen molar-refractivity contribution in [1.29, 1.82) is 0 Å². The Labute approximate surface area is 85.2 Å². The molecule has 0 fully saturated rings. The third-order valence-corrected chi connectivity index (χ3v) is 2.38. The second-order valence-electron chi connectivity index (χ2n) is 4.62. The first-order valence-corrected chi connectivity index (χ1v) is 4.84. The minimum atomic E-state index is -0.123. The molecule has 1 aromatic rings. The fourth-order valence-electron chi connectivity index (χ4n) is 1.37. The molecule has 0 aromatic heterocycles. The van der Waals surface area contributed by atoms with E-state index >= 15 is 0 Å². The van der Waals surface area contributed by atoms with Crippen molar-refractivity contribution < 1.29 is 10.2 Å². The maximum absolute atomic E-state index is 9.51. The number of rotatable bonds is 3. The van der Waals surface area contributed by atoms with E-state index in [2.05, 4.69) is 0 Å². The van der Waals surface area contributed by atoms with Crippen LogP contribution in [0.2, 0.25) is 0 Å². The van der Waals surface area contributed by atoms with Crippen LogP contribution in [0.4, 0.5) is 0 Å². The predicted octanol–water partition coefficient (Wildman–Crippen LogP) is 2.26. The van der Waals surface area contributed by atoms with E-state index in [4.69, 9.17) is 5.11 Å². The van der Waals surface area contributed by atoms with Crippen LogP contribution in [0.15, 0.2) is 18.2 Å². The van der Waals surface area contributed by atoms with E-state index in [0.717, 1.165) is 17.5 Å². The summed E-state index contributed by atoms with van der Waals surface area (Å²) in [4.78, 5) is 0. The Hall–Kier alpha value is -1.02. The largest absolute Gasteiger partial charge is 0.508 e. The van der Waals surface area contributed by atoms with Crippen molar-refractivity contribution in [1.82, 2.24) is 0 Å². The van der Waals surface area contributed by atoms with Crippen molar-refractivity contribution in [3.05, 3.63) is 29.3 Å². The van der Waals surface area contributed by atoms with E-state index < -0.39 is 0 Å². The van der Waals surface area contributed by atoms with Crippen LogP contribution in [0.25, 0.3) is 0 Å². The third-order valence-electron chi connectivity index (χ3n) is 2.38. The molecule has 1 aromatic carbocycles. The van der Waals surface area contributed by atoms with Crippen LogP contribution >= 0.6 is 0 Å². The second-order valence-corrected chi connectivity index (χ2v) is 4.62. The zero-order valence-corrected chi connectivity index (χ0v) is 9.04. The average molecular weight is 194 g/mol. The standard InChI is InChI=1S/C12H18O2/c1-9-4-5-10(6-11(9)14)7-12(2,3)8-13/h4-6,13-14H,7-8H2,1-3H3. The van der Waals surface area contributed by atoms with Crippen molar-refractivity contribution in [3.63, 3.8) is 0 Å². The maximum Gasteiger partial charge on any atom is 0.118 e. The summed E-state index contributed by atoms with van der Waals surface area (Å²) >= 11 is 0. The number of hydrogen-bond donors (Lipinski definition) is 2. The molecule has 2 nitrogen and oxygen atoms in total. The Bertz CT molecular complexity index is 316. The van der Waals surface area contributed by atoms with Crippen LogP contribution in [0.3, 0.4) is 0 Å². The summed E-state index contributed by atoms with van der Waals surface area (Å²) in [7, 11) is 0. The SMILES string of the molecule is Cc1ccc(CC(C)(C)CO)cc1O. The summed E-state index contributed by atoms with van der Waals surface area (Å²) in [5, 5.41) is 18.6. The lowest BCUT2D eigenvalue weighted by Gasteiger charge is -2.21. The molecule has 2 N–H and O–H groups in total. The lowest BCUT2D eigenvalue weighted by Crippen LogP contribution is -2.19. The van der Waals surface area contributed by atoms with Gasteiger partial charge in [0.1, 0.15) is 5.75 Å². The molecule has 0 spiro atoms. The smallest absolute Gasteiger partial charge is 0.118 e. The van der Waals surface area contributed by atoms with Gasteiger partial charge in [0.15, 0.2) is 0 Å². The molecule has 0 saturated carbocycles. The summed E-state index contributed by atoms with van der Waals surface area (Å²) in [6.45, 7) is 6.03. The van der Waals surface area contributed by atoms with Crippen molar-refractivity contribution in [2.75, 3.05) is 6.61 Å². The highest BCUT2D eigenvalue weighted by Crippen LogP contribution is 2.24. The molecule has 0 amide bonds. The Morgan fingerprint density at radius 1 is 1.29 bits per heavy atom. The van der Waals surface area contributed by atoms with Gasteiger partial charge in [0.2, 0.25) is 0 Å². The van der Waals surface area contributed by atoms with Gasteiger partial charge in [-0.1, -0.05) is 26.0 Å². The number of aliphatic hydroxyl groups is 1. The van der Waals surface area contributed by atoms with Crippen LogP contribution in [-0.4, -0.2) is 16.8 Å². The van der Waals surface area contributed by atoms with E-state index in [9.17, 15) is 5.11 Å². The van der Waals surface area contributed by atoms with Crippen LogP contribution in [-0.2, 0) is 6.42 Å². The summed E-state index contributed by atoms with van der Waals surface area (Å²) in [6.07, 6.45) is 0.775. The van der Waals surface area contributed by atoms with Gasteiger partial charge >= 0.3 is 0 Å². The highest BCUT2D eigenvalue weighted by atomic mass is 16.3. The fourth-order valence-corrected chi connectivity index (χ4v) is 1.37. The summed E-state index contributed by atoms with van der Waals surface area (Å²) < 4.78 is 0. The summed E-state index contributed by atoms with van der Waals surface area (Å²) in [6, 6.07) is 5.66. The molecule has 14 heavy (non-hydrogen) atoms. The van der Waals surface area contributed by atoms with E-state index in [1.807, 2.05) is 32.9 Å². The third kappa shape index (κ3) is 2.74. The molecule has 0 atom stereocenters.